The molecule has 3 aromatic rings. The van der Waals surface area contributed by atoms with Crippen LogP contribution >= 0.6 is 11.3 Å². The predicted octanol–water partition coefficient (Wildman–Crippen LogP) is 5.68. The van der Waals surface area contributed by atoms with Gasteiger partial charge in [0.2, 0.25) is 0 Å². The smallest absolute Gasteiger partial charge is 0.348 e. The Kier molecular flexibility index (Phi) is 5.75. The Hall–Kier alpha value is -2.47. The maximum atomic E-state index is 12.4. The summed E-state index contributed by atoms with van der Waals surface area (Å²) in [6.07, 6.45) is 1.52. The summed E-state index contributed by atoms with van der Waals surface area (Å²) in [6.45, 7) is 10.7. The van der Waals surface area contributed by atoms with Crippen LogP contribution < -0.4 is 5.32 Å². The van der Waals surface area contributed by atoms with E-state index in [-0.39, 0.29) is 5.97 Å². The van der Waals surface area contributed by atoms with Gasteiger partial charge in [-0.05, 0) is 42.0 Å². The molecule has 0 fully saturated rings. The van der Waals surface area contributed by atoms with E-state index in [1.807, 2.05) is 32.9 Å². The second-order valence-corrected chi connectivity index (χ2v) is 8.35. The summed E-state index contributed by atoms with van der Waals surface area (Å²) >= 11 is 1.35. The summed E-state index contributed by atoms with van der Waals surface area (Å²) in [7, 11) is 0. The fourth-order valence-corrected chi connectivity index (χ4v) is 3.80. The summed E-state index contributed by atoms with van der Waals surface area (Å²) < 4.78 is 5.40. The van der Waals surface area contributed by atoms with Crippen molar-refractivity contribution in [1.29, 1.82) is 0 Å². The molecular formula is C21H25N3O2S. The maximum absolute atomic E-state index is 12.4. The molecule has 2 heterocycles. The van der Waals surface area contributed by atoms with Crippen LogP contribution in [0.2, 0.25) is 0 Å². The number of nitrogens with zero attached hydrogens (tertiary/aromatic N) is 2. The zero-order chi connectivity index (χ0) is 19.6. The van der Waals surface area contributed by atoms with Crippen molar-refractivity contribution in [3.8, 4) is 0 Å². The Morgan fingerprint density at radius 3 is 2.48 bits per heavy atom. The number of thiophene rings is 1. The van der Waals surface area contributed by atoms with Crippen LogP contribution in [0.5, 0.6) is 0 Å². The van der Waals surface area contributed by atoms with E-state index in [2.05, 4.69) is 41.3 Å². The molecule has 0 saturated carbocycles. The molecule has 0 radical (unpaired) electrons. The topological polar surface area (TPSA) is 64.1 Å². The first-order valence-electron chi connectivity index (χ1n) is 9.15. The Morgan fingerprint density at radius 2 is 1.85 bits per heavy atom. The lowest BCUT2D eigenvalue weighted by atomic mass is 10.0. The molecule has 142 valence electrons. The number of aromatic nitrogens is 2. The molecule has 0 unspecified atom stereocenters. The lowest BCUT2D eigenvalue weighted by molar-refractivity contribution is 0.0464. The molecule has 6 heteroatoms. The Balaban J connectivity index is 1.91. The Labute approximate surface area is 163 Å². The van der Waals surface area contributed by atoms with E-state index >= 15 is 0 Å². The minimum atomic E-state index is -0.295. The van der Waals surface area contributed by atoms with Crippen LogP contribution in [0, 0.1) is 12.8 Å². The van der Waals surface area contributed by atoms with Crippen molar-refractivity contribution in [1.82, 2.24) is 9.97 Å². The molecule has 1 aromatic carbocycles. The first kappa shape index (κ1) is 19.3. The average Bonchev–Trinajstić information content (AvgIpc) is 2.98. The van der Waals surface area contributed by atoms with Gasteiger partial charge in [0.15, 0.2) is 0 Å². The molecule has 2 aromatic heterocycles. The van der Waals surface area contributed by atoms with Crippen molar-refractivity contribution < 1.29 is 9.53 Å². The number of hydrogen-bond donors (Lipinski definition) is 1. The first-order valence-corrected chi connectivity index (χ1v) is 9.96. The number of benzene rings is 1. The normalized spacial score (nSPS) is 11.4. The van der Waals surface area contributed by atoms with Crippen LogP contribution in [-0.2, 0) is 4.74 Å². The molecule has 0 saturated heterocycles. The van der Waals surface area contributed by atoms with Crippen molar-refractivity contribution in [2.75, 3.05) is 11.9 Å². The molecule has 0 atom stereocenters. The van der Waals surface area contributed by atoms with Crippen LogP contribution in [0.4, 0.5) is 11.5 Å². The molecule has 3 rings (SSSR count). The van der Waals surface area contributed by atoms with Gasteiger partial charge in [0, 0.05) is 5.69 Å². The maximum Gasteiger partial charge on any atom is 0.348 e. The van der Waals surface area contributed by atoms with Crippen LogP contribution in [0.15, 0.2) is 30.6 Å². The fourth-order valence-electron chi connectivity index (χ4n) is 2.76. The van der Waals surface area contributed by atoms with Gasteiger partial charge in [0.05, 0.1) is 12.0 Å². The highest BCUT2D eigenvalue weighted by Gasteiger charge is 2.20. The highest BCUT2D eigenvalue weighted by atomic mass is 32.1. The van der Waals surface area contributed by atoms with E-state index < -0.39 is 0 Å². The van der Waals surface area contributed by atoms with E-state index in [4.69, 9.17) is 4.74 Å². The van der Waals surface area contributed by atoms with Gasteiger partial charge in [-0.25, -0.2) is 14.8 Å². The molecule has 0 amide bonds. The van der Waals surface area contributed by atoms with Gasteiger partial charge < -0.3 is 10.1 Å². The number of carbonyl (C=O) groups is 1. The van der Waals surface area contributed by atoms with Gasteiger partial charge in [0.25, 0.3) is 0 Å². The first-order chi connectivity index (χ1) is 12.9. The van der Waals surface area contributed by atoms with Crippen molar-refractivity contribution in [3.63, 3.8) is 0 Å². The molecular weight excluding hydrogens is 358 g/mol. The molecule has 1 N–H and O–H groups in total. The number of carbonyl (C=O) groups excluding carboxylic acids is 1. The quantitative estimate of drug-likeness (QED) is 0.555. The van der Waals surface area contributed by atoms with Crippen LogP contribution in [0.3, 0.4) is 0 Å². The molecule has 0 aliphatic heterocycles. The number of fused-ring (bicyclic) bond motifs is 1. The third-order valence-corrected chi connectivity index (χ3v) is 5.48. The number of rotatable bonds is 6. The van der Waals surface area contributed by atoms with Gasteiger partial charge >= 0.3 is 5.97 Å². The minimum Gasteiger partial charge on any atom is -0.461 e. The molecule has 0 aliphatic carbocycles. The third-order valence-electron chi connectivity index (χ3n) is 4.30. The predicted molar refractivity (Wildman–Crippen MR) is 111 cm³/mol. The highest BCUT2D eigenvalue weighted by molar-refractivity contribution is 7.20. The monoisotopic (exact) mass is 383 g/mol. The van der Waals surface area contributed by atoms with Gasteiger partial charge in [-0.15, -0.1) is 11.3 Å². The number of aryl methyl sites for hydroxylation is 1. The van der Waals surface area contributed by atoms with E-state index in [9.17, 15) is 4.79 Å². The number of ether oxygens (including phenoxy) is 1. The second-order valence-electron chi connectivity index (χ2n) is 7.35. The zero-order valence-electron chi connectivity index (χ0n) is 16.4. The molecule has 0 spiro atoms. The number of esters is 1. The second kappa shape index (κ2) is 8.05. The molecule has 0 aliphatic rings. The SMILES string of the molecule is Cc1c(C(=O)OCC(C)C)sc2ncnc(Nc3ccc(C(C)C)cc3)c12. The van der Waals surface area contributed by atoms with Crippen molar-refractivity contribution in [3.05, 3.63) is 46.6 Å². The summed E-state index contributed by atoms with van der Waals surface area (Å²) in [5.74, 6) is 1.20. The number of anilines is 2. The van der Waals surface area contributed by atoms with E-state index in [0.29, 0.717) is 29.1 Å². The average molecular weight is 384 g/mol. The lowest BCUT2D eigenvalue weighted by Crippen LogP contribution is -2.09. The summed E-state index contributed by atoms with van der Waals surface area (Å²) in [5, 5.41) is 4.23. The summed E-state index contributed by atoms with van der Waals surface area (Å²) in [5.41, 5.74) is 3.09. The Morgan fingerprint density at radius 1 is 1.15 bits per heavy atom. The summed E-state index contributed by atoms with van der Waals surface area (Å²) in [4.78, 5) is 22.5. The van der Waals surface area contributed by atoms with Crippen molar-refractivity contribution >= 4 is 39.0 Å². The third kappa shape index (κ3) is 4.27. The molecule has 5 nitrogen and oxygen atoms in total. The highest BCUT2D eigenvalue weighted by Crippen LogP contribution is 2.35. The van der Waals surface area contributed by atoms with Gasteiger partial charge in [-0.3, -0.25) is 0 Å². The van der Waals surface area contributed by atoms with Gasteiger partial charge in [-0.2, -0.15) is 0 Å². The number of hydrogen-bond acceptors (Lipinski definition) is 6. The summed E-state index contributed by atoms with van der Waals surface area (Å²) in [6, 6.07) is 8.31. The van der Waals surface area contributed by atoms with E-state index in [0.717, 1.165) is 21.5 Å². The Bertz CT molecular complexity index is 946. The number of nitrogens with one attached hydrogen (secondary N) is 1. The largest absolute Gasteiger partial charge is 0.461 e. The van der Waals surface area contributed by atoms with Crippen LogP contribution in [-0.4, -0.2) is 22.5 Å². The standard InChI is InChI=1S/C21H25N3O2S/c1-12(2)10-26-21(25)18-14(5)17-19(22-11-23-20(17)27-18)24-16-8-6-15(7-9-16)13(3)4/h6-9,11-13H,10H2,1-5H3,(H,22,23,24). The van der Waals surface area contributed by atoms with Crippen molar-refractivity contribution in [2.24, 2.45) is 5.92 Å². The lowest BCUT2D eigenvalue weighted by Gasteiger charge is -2.10. The van der Waals surface area contributed by atoms with Gasteiger partial charge in [0.1, 0.15) is 21.9 Å². The molecule has 0 bridgehead atoms. The van der Waals surface area contributed by atoms with Gasteiger partial charge in [-0.1, -0.05) is 39.8 Å². The van der Waals surface area contributed by atoms with Crippen LogP contribution in [0.25, 0.3) is 10.2 Å². The minimum absolute atomic E-state index is 0.295. The molecule has 27 heavy (non-hydrogen) atoms. The van der Waals surface area contributed by atoms with E-state index in [1.165, 1.54) is 23.2 Å². The van der Waals surface area contributed by atoms with Crippen LogP contribution in [0.1, 0.15) is 54.4 Å². The fraction of sp³-hybridized carbons (Fsp3) is 0.381. The zero-order valence-corrected chi connectivity index (χ0v) is 17.2. The van der Waals surface area contributed by atoms with Crippen molar-refractivity contribution in [2.45, 2.75) is 40.5 Å². The van der Waals surface area contributed by atoms with E-state index in [1.54, 1.807) is 0 Å².